The van der Waals surface area contributed by atoms with E-state index in [0.717, 1.165) is 22.6 Å². The molecule has 6 rings (SSSR count). The van der Waals surface area contributed by atoms with Gasteiger partial charge in [0.15, 0.2) is 5.65 Å². The number of nitrogens with one attached hydrogen (secondary N) is 4. The molecule has 3 amide bonds. The highest BCUT2D eigenvalue weighted by molar-refractivity contribution is 6.04. The van der Waals surface area contributed by atoms with Gasteiger partial charge in [-0.3, -0.25) is 29.3 Å². The first-order chi connectivity index (χ1) is 32.6. The Labute approximate surface area is 394 Å². The van der Waals surface area contributed by atoms with Crippen molar-refractivity contribution in [1.29, 1.82) is 0 Å². The van der Waals surface area contributed by atoms with Crippen LogP contribution in [0, 0.1) is 24.7 Å². The molecule has 0 bridgehead atoms. The maximum atomic E-state index is 14.4. The molecule has 0 aliphatic carbocycles. The van der Waals surface area contributed by atoms with Gasteiger partial charge in [-0.1, -0.05) is 68.2 Å². The second-order valence-corrected chi connectivity index (χ2v) is 17.3. The minimum atomic E-state index is -4.63. The van der Waals surface area contributed by atoms with Crippen molar-refractivity contribution >= 4 is 34.4 Å². The largest absolute Gasteiger partial charge is 0.416 e. The molecular formula is C50H60F3N9O6. The number of aliphatic hydroxyl groups excluding tert-OH is 1. The van der Waals surface area contributed by atoms with Gasteiger partial charge in [0, 0.05) is 85.8 Å². The van der Waals surface area contributed by atoms with Gasteiger partial charge in [0.2, 0.25) is 5.91 Å². The van der Waals surface area contributed by atoms with Crippen molar-refractivity contribution in [2.24, 2.45) is 11.7 Å². The van der Waals surface area contributed by atoms with Crippen molar-refractivity contribution in [3.8, 4) is 11.8 Å². The molecule has 1 aliphatic rings. The van der Waals surface area contributed by atoms with Crippen LogP contribution in [0.4, 0.5) is 18.9 Å². The summed E-state index contributed by atoms with van der Waals surface area (Å²) < 4.78 is 54.5. The molecule has 1 saturated heterocycles. The van der Waals surface area contributed by atoms with Gasteiger partial charge in [0.25, 0.3) is 11.8 Å². The molecule has 3 heterocycles. The Bertz CT molecular complexity index is 2520. The molecule has 0 saturated carbocycles. The van der Waals surface area contributed by atoms with Gasteiger partial charge in [-0.15, -0.1) is 0 Å². The van der Waals surface area contributed by atoms with Crippen LogP contribution in [-0.4, -0.2) is 132 Å². The molecule has 0 unspecified atom stereocenters. The number of hydrogen-bond acceptors (Lipinski definition) is 11. The highest BCUT2D eigenvalue weighted by Crippen LogP contribution is 2.35. The number of aliphatic hydroxyl groups is 1. The molecule has 7 N–H and O–H groups in total. The number of anilines is 1. The van der Waals surface area contributed by atoms with Crippen molar-refractivity contribution in [3.63, 3.8) is 0 Å². The van der Waals surface area contributed by atoms with E-state index in [1.165, 1.54) is 12.1 Å². The van der Waals surface area contributed by atoms with E-state index >= 15 is 0 Å². The second kappa shape index (κ2) is 24.7. The van der Waals surface area contributed by atoms with Crippen LogP contribution in [0.25, 0.3) is 11.0 Å². The number of alkyl halides is 3. The lowest BCUT2D eigenvalue weighted by Gasteiger charge is -2.35. The lowest BCUT2D eigenvalue weighted by Crippen LogP contribution is -2.54. The summed E-state index contributed by atoms with van der Waals surface area (Å²) in [4.78, 5) is 47.5. The number of nitrogens with two attached hydrogens (primary N) is 1. The van der Waals surface area contributed by atoms with Gasteiger partial charge in [-0.25, -0.2) is 4.98 Å². The molecule has 362 valence electrons. The Balaban J connectivity index is 0.871. The van der Waals surface area contributed by atoms with E-state index < -0.39 is 41.7 Å². The summed E-state index contributed by atoms with van der Waals surface area (Å²) in [5.41, 5.74) is 9.35. The van der Waals surface area contributed by atoms with Crippen molar-refractivity contribution in [2.45, 2.75) is 64.5 Å². The van der Waals surface area contributed by atoms with Gasteiger partial charge in [0.1, 0.15) is 12.1 Å². The van der Waals surface area contributed by atoms with E-state index in [2.05, 4.69) is 47.9 Å². The third-order valence-corrected chi connectivity index (χ3v) is 11.5. The van der Waals surface area contributed by atoms with Gasteiger partial charge in [0.05, 0.1) is 38.2 Å². The summed E-state index contributed by atoms with van der Waals surface area (Å²) in [5, 5.41) is 26.2. The van der Waals surface area contributed by atoms with Crippen LogP contribution in [0.2, 0.25) is 0 Å². The lowest BCUT2D eigenvalue weighted by molar-refractivity contribution is -0.138. The van der Waals surface area contributed by atoms with Crippen LogP contribution in [-0.2, 0) is 38.2 Å². The summed E-state index contributed by atoms with van der Waals surface area (Å²) in [5.74, 6) is 4.58. The number of ether oxygens (including phenoxy) is 2. The van der Waals surface area contributed by atoms with E-state index in [1.807, 2.05) is 62.1 Å². The predicted molar refractivity (Wildman–Crippen MR) is 252 cm³/mol. The second-order valence-electron chi connectivity index (χ2n) is 17.3. The number of nitrogens with zero attached hydrogens (tertiary/aromatic N) is 4. The molecular weight excluding hydrogens is 880 g/mol. The highest BCUT2D eigenvalue weighted by atomic mass is 19.4. The fourth-order valence-electron chi connectivity index (χ4n) is 7.65. The van der Waals surface area contributed by atoms with Crippen molar-refractivity contribution in [3.05, 3.63) is 124 Å². The number of carbonyl (C=O) groups is 3. The third-order valence-electron chi connectivity index (χ3n) is 11.5. The minimum Gasteiger partial charge on any atom is -0.382 e. The number of aryl methyl sites for hydroxylation is 1. The van der Waals surface area contributed by atoms with Gasteiger partial charge in [-0.2, -0.15) is 18.3 Å². The number of hydrogen-bond donors (Lipinski definition) is 6. The number of rotatable bonds is 21. The number of pyridine rings is 1. The molecule has 68 heavy (non-hydrogen) atoms. The van der Waals surface area contributed by atoms with Crippen LogP contribution >= 0.6 is 0 Å². The number of piperazine rings is 1. The average molecular weight is 940 g/mol. The van der Waals surface area contributed by atoms with E-state index in [4.69, 9.17) is 15.2 Å². The minimum absolute atomic E-state index is 0.0347. The Kier molecular flexibility index (Phi) is 18.6. The quantitative estimate of drug-likeness (QED) is 0.0442. The Morgan fingerprint density at radius 2 is 1.63 bits per heavy atom. The molecule has 1 fully saturated rings. The van der Waals surface area contributed by atoms with E-state index in [0.29, 0.717) is 82.2 Å². The van der Waals surface area contributed by atoms with Crippen molar-refractivity contribution in [1.82, 2.24) is 35.6 Å². The lowest BCUT2D eigenvalue weighted by atomic mass is 10.00. The number of halogens is 3. The number of benzene rings is 3. The molecule has 3 atom stereocenters. The number of amides is 3. The molecule has 1 aliphatic heterocycles. The summed E-state index contributed by atoms with van der Waals surface area (Å²) >= 11 is 0. The third kappa shape index (κ3) is 15.4. The first kappa shape index (κ1) is 51.2. The normalized spacial score (nSPS) is 14.8. The smallest absolute Gasteiger partial charge is 0.382 e. The molecule has 5 aromatic rings. The van der Waals surface area contributed by atoms with Gasteiger partial charge in [-0.05, 0) is 72.7 Å². The highest BCUT2D eigenvalue weighted by Gasteiger charge is 2.35. The number of H-pyrrole nitrogens is 1. The SMILES string of the molecule is Cc1ccc(C(=O)Nc2ccc(CN3CCN(CCOCCOCCNC(=O)[C@H](CC(C)C)NC(=O)[C@@H](O)[C@H](N)Cc4ccccc4)CC3)c(C(F)(F)F)c2)cc1C#Cc1cnc2[nH]ncc2c1. The number of aromatic amines is 1. The summed E-state index contributed by atoms with van der Waals surface area (Å²) in [6.07, 6.45) is -2.17. The van der Waals surface area contributed by atoms with E-state index in [-0.39, 0.29) is 48.3 Å². The van der Waals surface area contributed by atoms with Crippen LogP contribution < -0.4 is 21.7 Å². The standard InChI is InChI=1S/C50H60F3N9O6/c1-33(2)25-44(59-49(66)45(63)43(54)27-35-7-5-4-6-8-35)48(65)55-15-21-67-23-24-68-22-20-61-16-18-62(19-17-61)32-39-13-14-41(29-42(39)50(51,52)53)58-47(64)38-11-9-34(3)37(28-38)12-10-36-26-40-31-57-60-46(40)56-30-36/h4-9,11,13-14,26,28-31,33,43-45,63H,15-25,27,32,54H2,1-3H3,(H,55,65)(H,58,64)(H,59,66)(H,56,57,60)/t43-,44+,45+/m1/s1. The average Bonchev–Trinajstić information content (AvgIpc) is 3.79. The fraction of sp³-hybridized carbons (Fsp3) is 0.420. The van der Waals surface area contributed by atoms with Crippen molar-refractivity contribution < 1.29 is 42.1 Å². The van der Waals surface area contributed by atoms with Crippen LogP contribution in [0.5, 0.6) is 0 Å². The van der Waals surface area contributed by atoms with E-state index in [1.54, 1.807) is 30.6 Å². The Hall–Kier alpha value is -6.20. The number of aromatic nitrogens is 3. The summed E-state index contributed by atoms with van der Waals surface area (Å²) in [7, 11) is 0. The van der Waals surface area contributed by atoms with Gasteiger partial charge < -0.3 is 36.3 Å². The van der Waals surface area contributed by atoms with Crippen LogP contribution in [0.15, 0.2) is 85.2 Å². The zero-order valence-corrected chi connectivity index (χ0v) is 38.6. The molecule has 18 heteroatoms. The molecule has 15 nitrogen and oxygen atoms in total. The molecule has 3 aromatic carbocycles. The topological polar surface area (TPSA) is 200 Å². The summed E-state index contributed by atoms with van der Waals surface area (Å²) in [6.45, 7) is 10.5. The fourth-order valence-corrected chi connectivity index (χ4v) is 7.65. The zero-order chi connectivity index (χ0) is 48.6. The summed E-state index contributed by atoms with van der Waals surface area (Å²) in [6, 6.07) is 18.3. The number of carbonyl (C=O) groups excluding carboxylic acids is 3. The predicted octanol–water partition coefficient (Wildman–Crippen LogP) is 4.67. The van der Waals surface area contributed by atoms with Crippen LogP contribution in [0.1, 0.15) is 64.0 Å². The molecule has 0 spiro atoms. The first-order valence-corrected chi connectivity index (χ1v) is 22.7. The first-order valence-electron chi connectivity index (χ1n) is 22.7. The number of fused-ring (bicyclic) bond motifs is 1. The van der Waals surface area contributed by atoms with E-state index in [9.17, 15) is 32.7 Å². The zero-order valence-electron chi connectivity index (χ0n) is 38.6. The Morgan fingerprint density at radius 1 is 0.897 bits per heavy atom. The molecule has 0 radical (unpaired) electrons. The van der Waals surface area contributed by atoms with Gasteiger partial charge >= 0.3 is 6.18 Å². The maximum absolute atomic E-state index is 14.4. The maximum Gasteiger partial charge on any atom is 0.416 e. The van der Waals surface area contributed by atoms with Crippen LogP contribution in [0.3, 0.4) is 0 Å². The van der Waals surface area contributed by atoms with Crippen molar-refractivity contribution in [2.75, 3.05) is 71.0 Å². The molecule has 2 aromatic heterocycles. The Morgan fingerprint density at radius 3 is 2.37 bits per heavy atom. The monoisotopic (exact) mass is 939 g/mol.